The van der Waals surface area contributed by atoms with Crippen LogP contribution in [0.3, 0.4) is 0 Å². The summed E-state index contributed by atoms with van der Waals surface area (Å²) < 4.78 is 9.30. The largest absolute Gasteiger partial charge is 0.383 e. The summed E-state index contributed by atoms with van der Waals surface area (Å²) in [6.07, 6.45) is 2.02. The Labute approximate surface area is 163 Å². The number of aryl methyl sites for hydroxylation is 1. The summed E-state index contributed by atoms with van der Waals surface area (Å²) >= 11 is 0. The number of fused-ring (bicyclic) bond motifs is 2. The van der Waals surface area contributed by atoms with E-state index in [4.69, 9.17) is 4.74 Å². The Hall–Kier alpha value is -3.12. The lowest BCUT2D eigenvalue weighted by Crippen LogP contribution is -2.28. The van der Waals surface area contributed by atoms with Crippen LogP contribution < -0.4 is 5.32 Å². The molecular formula is C22H24N4O2. The van der Waals surface area contributed by atoms with E-state index in [2.05, 4.69) is 20.9 Å². The summed E-state index contributed by atoms with van der Waals surface area (Å²) in [6, 6.07) is 15.6. The SMILES string of the molecule is COCCn1ccc2ccc(C(=O)N[C@@H](C)c3nc4ccccc4n3C)cc21. The second-order valence-electron chi connectivity index (χ2n) is 6.99. The highest BCUT2D eigenvalue weighted by atomic mass is 16.5. The molecule has 0 unspecified atom stereocenters. The molecule has 0 spiro atoms. The van der Waals surface area contributed by atoms with Gasteiger partial charge in [-0.25, -0.2) is 4.98 Å². The van der Waals surface area contributed by atoms with Gasteiger partial charge >= 0.3 is 0 Å². The molecule has 0 fully saturated rings. The van der Waals surface area contributed by atoms with Crippen LogP contribution in [0, 0.1) is 0 Å². The number of nitrogens with one attached hydrogen (secondary N) is 1. The van der Waals surface area contributed by atoms with Gasteiger partial charge in [0.25, 0.3) is 5.91 Å². The number of carbonyl (C=O) groups excluding carboxylic acids is 1. The maximum atomic E-state index is 12.9. The molecule has 4 aromatic rings. The van der Waals surface area contributed by atoms with E-state index in [0.717, 1.165) is 34.3 Å². The molecule has 2 aromatic heterocycles. The molecule has 1 amide bonds. The molecule has 0 bridgehead atoms. The van der Waals surface area contributed by atoms with E-state index in [9.17, 15) is 4.79 Å². The molecule has 0 aliphatic heterocycles. The second-order valence-corrected chi connectivity index (χ2v) is 6.99. The molecule has 2 aromatic carbocycles. The van der Waals surface area contributed by atoms with Gasteiger partial charge in [0.05, 0.1) is 23.7 Å². The minimum atomic E-state index is -0.208. The number of hydrogen-bond donors (Lipinski definition) is 1. The van der Waals surface area contributed by atoms with Gasteiger partial charge in [-0.05, 0) is 42.6 Å². The van der Waals surface area contributed by atoms with Crippen LogP contribution in [0.1, 0.15) is 29.1 Å². The molecule has 144 valence electrons. The monoisotopic (exact) mass is 376 g/mol. The average molecular weight is 376 g/mol. The van der Waals surface area contributed by atoms with Crippen molar-refractivity contribution in [1.29, 1.82) is 0 Å². The molecule has 1 atom stereocenters. The third kappa shape index (κ3) is 3.27. The normalized spacial score (nSPS) is 12.5. The van der Waals surface area contributed by atoms with Crippen LogP contribution in [-0.2, 0) is 18.3 Å². The summed E-state index contributed by atoms with van der Waals surface area (Å²) in [4.78, 5) is 17.5. The van der Waals surface area contributed by atoms with Crippen LogP contribution >= 0.6 is 0 Å². The van der Waals surface area contributed by atoms with Crippen molar-refractivity contribution in [2.75, 3.05) is 13.7 Å². The van der Waals surface area contributed by atoms with Crippen molar-refractivity contribution in [1.82, 2.24) is 19.4 Å². The molecule has 2 heterocycles. The van der Waals surface area contributed by atoms with E-state index < -0.39 is 0 Å². The molecule has 1 N–H and O–H groups in total. The number of para-hydroxylation sites is 2. The molecule has 0 aliphatic carbocycles. The Morgan fingerprint density at radius 2 is 2.00 bits per heavy atom. The van der Waals surface area contributed by atoms with Gasteiger partial charge < -0.3 is 19.2 Å². The fourth-order valence-corrected chi connectivity index (χ4v) is 3.61. The smallest absolute Gasteiger partial charge is 0.251 e. The number of aromatic nitrogens is 3. The summed E-state index contributed by atoms with van der Waals surface area (Å²) in [6.45, 7) is 3.34. The van der Waals surface area contributed by atoms with E-state index in [1.54, 1.807) is 7.11 Å². The molecule has 28 heavy (non-hydrogen) atoms. The first-order valence-corrected chi connectivity index (χ1v) is 9.38. The van der Waals surface area contributed by atoms with E-state index in [1.807, 2.05) is 67.2 Å². The van der Waals surface area contributed by atoms with E-state index in [1.165, 1.54) is 0 Å². The van der Waals surface area contributed by atoms with Crippen molar-refractivity contribution < 1.29 is 9.53 Å². The summed E-state index contributed by atoms with van der Waals surface area (Å²) in [5.74, 6) is 0.722. The summed E-state index contributed by atoms with van der Waals surface area (Å²) in [5.41, 5.74) is 3.64. The van der Waals surface area contributed by atoms with Crippen LogP contribution in [-0.4, -0.2) is 33.7 Å². The van der Waals surface area contributed by atoms with Crippen molar-refractivity contribution in [2.45, 2.75) is 19.5 Å². The lowest BCUT2D eigenvalue weighted by molar-refractivity contribution is 0.0938. The molecule has 6 heteroatoms. The van der Waals surface area contributed by atoms with Crippen molar-refractivity contribution in [2.24, 2.45) is 7.05 Å². The summed E-state index contributed by atoms with van der Waals surface area (Å²) in [5, 5.41) is 4.19. The van der Waals surface area contributed by atoms with Gasteiger partial charge in [-0.15, -0.1) is 0 Å². The minimum absolute atomic E-state index is 0.110. The lowest BCUT2D eigenvalue weighted by atomic mass is 10.1. The third-order valence-electron chi connectivity index (χ3n) is 5.13. The van der Waals surface area contributed by atoms with Crippen molar-refractivity contribution >= 4 is 27.8 Å². The number of imidazole rings is 1. The molecular weight excluding hydrogens is 352 g/mol. The van der Waals surface area contributed by atoms with Crippen molar-refractivity contribution in [3.05, 3.63) is 66.1 Å². The highest BCUT2D eigenvalue weighted by Gasteiger charge is 2.18. The first-order valence-electron chi connectivity index (χ1n) is 9.38. The van der Waals surface area contributed by atoms with Gasteiger partial charge in [-0.2, -0.15) is 0 Å². The maximum absolute atomic E-state index is 12.9. The van der Waals surface area contributed by atoms with Crippen molar-refractivity contribution in [3.63, 3.8) is 0 Å². The highest BCUT2D eigenvalue weighted by molar-refractivity contribution is 5.98. The zero-order valence-electron chi connectivity index (χ0n) is 16.3. The maximum Gasteiger partial charge on any atom is 0.251 e. The fraction of sp³-hybridized carbons (Fsp3) is 0.273. The van der Waals surface area contributed by atoms with Gasteiger partial charge in [0, 0.05) is 38.0 Å². The van der Waals surface area contributed by atoms with Gasteiger partial charge in [0.15, 0.2) is 0 Å². The number of benzene rings is 2. The van der Waals surface area contributed by atoms with Gasteiger partial charge in [-0.3, -0.25) is 4.79 Å². The standard InChI is InChI=1S/C22H24N4O2/c1-15(21-24-18-6-4-5-7-19(18)25(21)2)23-22(27)17-9-8-16-10-11-26(12-13-28-3)20(16)14-17/h4-11,14-15H,12-13H2,1-3H3,(H,23,27)/t15-/m0/s1. The number of hydrogen-bond acceptors (Lipinski definition) is 3. The Bertz CT molecular complexity index is 1140. The van der Waals surface area contributed by atoms with Crippen LogP contribution in [0.15, 0.2) is 54.7 Å². The van der Waals surface area contributed by atoms with Crippen LogP contribution in [0.2, 0.25) is 0 Å². The highest BCUT2D eigenvalue weighted by Crippen LogP contribution is 2.21. The Morgan fingerprint density at radius 3 is 2.79 bits per heavy atom. The first kappa shape index (κ1) is 18.3. The quantitative estimate of drug-likeness (QED) is 0.559. The zero-order valence-corrected chi connectivity index (χ0v) is 16.3. The van der Waals surface area contributed by atoms with Gasteiger partial charge in [-0.1, -0.05) is 18.2 Å². The topological polar surface area (TPSA) is 61.1 Å². The number of amides is 1. The summed E-state index contributed by atoms with van der Waals surface area (Å²) in [7, 11) is 3.66. The molecule has 6 nitrogen and oxygen atoms in total. The molecule has 0 aliphatic rings. The predicted molar refractivity (Wildman–Crippen MR) is 110 cm³/mol. The second kappa shape index (κ2) is 7.48. The van der Waals surface area contributed by atoms with Gasteiger partial charge in [0.1, 0.15) is 5.82 Å². The van der Waals surface area contributed by atoms with Crippen LogP contribution in [0.4, 0.5) is 0 Å². The molecule has 0 saturated carbocycles. The Morgan fingerprint density at radius 1 is 1.18 bits per heavy atom. The van der Waals surface area contributed by atoms with E-state index >= 15 is 0 Å². The van der Waals surface area contributed by atoms with E-state index in [-0.39, 0.29) is 11.9 Å². The van der Waals surface area contributed by atoms with Crippen LogP contribution in [0.25, 0.3) is 21.9 Å². The number of ether oxygens (including phenoxy) is 1. The fourth-order valence-electron chi connectivity index (χ4n) is 3.61. The van der Waals surface area contributed by atoms with Crippen molar-refractivity contribution in [3.8, 4) is 0 Å². The molecule has 4 rings (SSSR count). The number of nitrogens with zero attached hydrogens (tertiary/aromatic N) is 3. The Kier molecular flexibility index (Phi) is 4.88. The first-order chi connectivity index (χ1) is 13.6. The predicted octanol–water partition coefficient (Wildman–Crippen LogP) is 3.67. The minimum Gasteiger partial charge on any atom is -0.383 e. The average Bonchev–Trinajstić information content (AvgIpc) is 3.27. The number of rotatable bonds is 6. The zero-order chi connectivity index (χ0) is 19.7. The number of methoxy groups -OCH3 is 1. The van der Waals surface area contributed by atoms with E-state index in [0.29, 0.717) is 12.2 Å². The molecule has 0 radical (unpaired) electrons. The number of carbonyl (C=O) groups is 1. The molecule has 0 saturated heterocycles. The van der Waals surface area contributed by atoms with Gasteiger partial charge in [0.2, 0.25) is 0 Å². The lowest BCUT2D eigenvalue weighted by Gasteiger charge is -2.14. The third-order valence-corrected chi connectivity index (χ3v) is 5.13. The van der Waals surface area contributed by atoms with Crippen LogP contribution in [0.5, 0.6) is 0 Å². The Balaban J connectivity index is 1.57.